The molecule has 1 amide bonds. The second-order valence-electron chi connectivity index (χ2n) is 4.28. The third kappa shape index (κ3) is 7.16. The molecule has 1 atom stereocenters. The Bertz CT molecular complexity index is 424. The number of hydrogen-bond donors (Lipinski definition) is 3. The molecular weight excluding hydrogens is 278 g/mol. The first-order valence-corrected chi connectivity index (χ1v) is 7.54. The number of nitrogens with one attached hydrogen (secondary N) is 1. The summed E-state index contributed by atoms with van der Waals surface area (Å²) in [5, 5.41) is 20.1. The number of carboxylic acids is 1. The molecule has 0 fully saturated rings. The normalized spacial score (nSPS) is 11.8. The molecule has 0 unspecified atom stereocenters. The van der Waals surface area contributed by atoms with Gasteiger partial charge in [-0.3, -0.25) is 4.79 Å². The van der Waals surface area contributed by atoms with E-state index in [-0.39, 0.29) is 18.9 Å². The number of rotatable bonds is 9. The van der Waals surface area contributed by atoms with E-state index in [0.29, 0.717) is 5.75 Å². The molecule has 110 valence electrons. The van der Waals surface area contributed by atoms with Gasteiger partial charge >= 0.3 is 5.97 Å². The van der Waals surface area contributed by atoms with Crippen molar-refractivity contribution in [2.24, 2.45) is 0 Å². The molecular formula is C14H19NO4S. The van der Waals surface area contributed by atoms with Gasteiger partial charge in [0.05, 0.1) is 5.75 Å². The average Bonchev–Trinajstić information content (AvgIpc) is 2.44. The lowest BCUT2D eigenvalue weighted by molar-refractivity contribution is -0.147. The van der Waals surface area contributed by atoms with Crippen LogP contribution >= 0.6 is 11.8 Å². The van der Waals surface area contributed by atoms with Crippen molar-refractivity contribution in [2.75, 3.05) is 18.1 Å². The predicted octanol–water partition coefficient (Wildman–Crippen LogP) is 0.914. The lowest BCUT2D eigenvalue weighted by Gasteiger charge is -2.07. The van der Waals surface area contributed by atoms with E-state index in [1.165, 1.54) is 17.3 Å². The Balaban J connectivity index is 2.04. The zero-order chi connectivity index (χ0) is 14.8. The van der Waals surface area contributed by atoms with E-state index < -0.39 is 12.1 Å². The number of aliphatic hydroxyl groups is 1. The van der Waals surface area contributed by atoms with Crippen LogP contribution in [0, 0.1) is 0 Å². The molecule has 0 aromatic heterocycles. The highest BCUT2D eigenvalue weighted by Gasteiger charge is 2.12. The number of aliphatic hydroxyl groups excluding tert-OH is 1. The second-order valence-corrected chi connectivity index (χ2v) is 5.39. The number of benzene rings is 1. The standard InChI is InChI=1S/C14H19NO4S/c16-12(14(18)19)6-8-15-13(17)10-20-9-7-11-4-2-1-3-5-11/h1-5,12,16H,6-10H2,(H,15,17)(H,18,19)/t12-/m0/s1. The number of hydrogen-bond acceptors (Lipinski definition) is 4. The predicted molar refractivity (Wildman–Crippen MR) is 78.7 cm³/mol. The Labute approximate surface area is 122 Å². The fourth-order valence-electron chi connectivity index (χ4n) is 1.52. The summed E-state index contributed by atoms with van der Waals surface area (Å²) in [4.78, 5) is 21.8. The number of aliphatic carboxylic acids is 1. The lowest BCUT2D eigenvalue weighted by atomic mass is 10.2. The minimum absolute atomic E-state index is 0.0236. The van der Waals surface area contributed by atoms with Gasteiger partial charge in [0, 0.05) is 13.0 Å². The van der Waals surface area contributed by atoms with Crippen LogP contribution in [0.1, 0.15) is 12.0 Å². The smallest absolute Gasteiger partial charge is 0.332 e. The molecule has 0 heterocycles. The fourth-order valence-corrected chi connectivity index (χ4v) is 2.33. The number of amides is 1. The van der Waals surface area contributed by atoms with Crippen LogP contribution in [0.15, 0.2) is 30.3 Å². The van der Waals surface area contributed by atoms with Crippen LogP contribution in [0.25, 0.3) is 0 Å². The van der Waals surface area contributed by atoms with Crippen LogP contribution in [-0.4, -0.2) is 46.2 Å². The summed E-state index contributed by atoms with van der Waals surface area (Å²) in [7, 11) is 0. The first kappa shape index (κ1) is 16.5. The van der Waals surface area contributed by atoms with Gasteiger partial charge in [-0.25, -0.2) is 4.79 Å². The van der Waals surface area contributed by atoms with E-state index >= 15 is 0 Å². The maximum Gasteiger partial charge on any atom is 0.332 e. The molecule has 1 aromatic carbocycles. The molecule has 0 spiro atoms. The van der Waals surface area contributed by atoms with Crippen LogP contribution < -0.4 is 5.32 Å². The van der Waals surface area contributed by atoms with Crippen LogP contribution in [-0.2, 0) is 16.0 Å². The molecule has 0 saturated carbocycles. The monoisotopic (exact) mass is 297 g/mol. The van der Waals surface area contributed by atoms with E-state index in [0.717, 1.165) is 12.2 Å². The van der Waals surface area contributed by atoms with Gasteiger partial charge in [-0.15, -0.1) is 0 Å². The summed E-state index contributed by atoms with van der Waals surface area (Å²) in [6.07, 6.45) is -0.479. The second kappa shape index (κ2) is 9.39. The number of carbonyl (C=O) groups excluding carboxylic acids is 1. The summed E-state index contributed by atoms with van der Waals surface area (Å²) in [5.41, 5.74) is 1.24. The minimum Gasteiger partial charge on any atom is -0.479 e. The van der Waals surface area contributed by atoms with Gasteiger partial charge in [0.25, 0.3) is 0 Å². The van der Waals surface area contributed by atoms with Gasteiger partial charge in [-0.05, 0) is 17.7 Å². The van der Waals surface area contributed by atoms with E-state index in [1.807, 2.05) is 30.3 Å². The largest absolute Gasteiger partial charge is 0.479 e. The number of thioether (sulfide) groups is 1. The zero-order valence-electron chi connectivity index (χ0n) is 11.1. The lowest BCUT2D eigenvalue weighted by Crippen LogP contribution is -2.31. The Morgan fingerprint density at radius 3 is 2.60 bits per heavy atom. The topological polar surface area (TPSA) is 86.6 Å². The Kier molecular flexibility index (Phi) is 7.75. The van der Waals surface area contributed by atoms with Crippen LogP contribution in [0.4, 0.5) is 0 Å². The Morgan fingerprint density at radius 2 is 1.95 bits per heavy atom. The van der Waals surface area contributed by atoms with Crippen molar-refractivity contribution in [3.8, 4) is 0 Å². The van der Waals surface area contributed by atoms with E-state index in [4.69, 9.17) is 10.2 Å². The molecule has 1 rings (SSSR count). The summed E-state index contributed by atoms with van der Waals surface area (Å²) in [6, 6.07) is 10.0. The molecule has 1 aromatic rings. The van der Waals surface area contributed by atoms with Gasteiger partial charge in [-0.2, -0.15) is 11.8 Å². The van der Waals surface area contributed by atoms with E-state index in [1.54, 1.807) is 0 Å². The summed E-state index contributed by atoms with van der Waals surface area (Å²) in [5.74, 6) is -0.206. The van der Waals surface area contributed by atoms with Crippen molar-refractivity contribution >= 4 is 23.6 Å². The molecule has 0 aliphatic carbocycles. The molecule has 6 heteroatoms. The van der Waals surface area contributed by atoms with E-state index in [9.17, 15) is 9.59 Å². The Hall–Kier alpha value is -1.53. The summed E-state index contributed by atoms with van der Waals surface area (Å²) < 4.78 is 0. The van der Waals surface area contributed by atoms with Crippen molar-refractivity contribution in [3.63, 3.8) is 0 Å². The van der Waals surface area contributed by atoms with Gasteiger partial charge in [0.1, 0.15) is 0 Å². The molecule has 0 aliphatic heterocycles. The van der Waals surface area contributed by atoms with Crippen LogP contribution in [0.5, 0.6) is 0 Å². The Morgan fingerprint density at radius 1 is 1.25 bits per heavy atom. The number of carbonyl (C=O) groups is 2. The third-order valence-electron chi connectivity index (χ3n) is 2.64. The van der Waals surface area contributed by atoms with Gasteiger partial charge in [0.15, 0.2) is 6.10 Å². The molecule has 0 bridgehead atoms. The SMILES string of the molecule is O=C(CSCCc1ccccc1)NCC[C@H](O)C(=O)O. The highest BCUT2D eigenvalue weighted by atomic mass is 32.2. The van der Waals surface area contributed by atoms with E-state index in [2.05, 4.69) is 5.32 Å². The van der Waals surface area contributed by atoms with Crippen LogP contribution in [0.2, 0.25) is 0 Å². The third-order valence-corrected chi connectivity index (χ3v) is 3.60. The van der Waals surface area contributed by atoms with Crippen molar-refractivity contribution in [1.29, 1.82) is 0 Å². The minimum atomic E-state index is -1.42. The highest BCUT2D eigenvalue weighted by Crippen LogP contribution is 2.06. The average molecular weight is 297 g/mol. The fraction of sp³-hybridized carbons (Fsp3) is 0.429. The van der Waals surface area contributed by atoms with Gasteiger partial charge in [-0.1, -0.05) is 30.3 Å². The zero-order valence-corrected chi connectivity index (χ0v) is 11.9. The molecule has 3 N–H and O–H groups in total. The highest BCUT2D eigenvalue weighted by molar-refractivity contribution is 7.99. The van der Waals surface area contributed by atoms with Crippen molar-refractivity contribution < 1.29 is 19.8 Å². The number of aryl methyl sites for hydroxylation is 1. The van der Waals surface area contributed by atoms with Crippen molar-refractivity contribution in [3.05, 3.63) is 35.9 Å². The molecule has 5 nitrogen and oxygen atoms in total. The van der Waals surface area contributed by atoms with Crippen molar-refractivity contribution in [1.82, 2.24) is 5.32 Å². The maximum atomic E-state index is 11.4. The van der Waals surface area contributed by atoms with Gasteiger partial charge < -0.3 is 15.5 Å². The summed E-state index contributed by atoms with van der Waals surface area (Å²) >= 11 is 1.53. The molecule has 0 aliphatic rings. The molecule has 0 saturated heterocycles. The summed E-state index contributed by atoms with van der Waals surface area (Å²) in [6.45, 7) is 0.172. The first-order chi connectivity index (χ1) is 9.59. The number of carboxylic acid groups (broad SMARTS) is 1. The van der Waals surface area contributed by atoms with Crippen LogP contribution in [0.3, 0.4) is 0 Å². The quantitative estimate of drug-likeness (QED) is 0.590. The van der Waals surface area contributed by atoms with Crippen molar-refractivity contribution in [2.45, 2.75) is 18.9 Å². The van der Waals surface area contributed by atoms with Gasteiger partial charge in [0.2, 0.25) is 5.91 Å². The molecule has 0 radical (unpaired) electrons. The molecule has 20 heavy (non-hydrogen) atoms. The maximum absolute atomic E-state index is 11.4. The first-order valence-electron chi connectivity index (χ1n) is 6.39.